The Morgan fingerprint density at radius 3 is 2.40 bits per heavy atom. The fourth-order valence-electron chi connectivity index (χ4n) is 2.92. The summed E-state index contributed by atoms with van der Waals surface area (Å²) in [7, 11) is 0. The van der Waals surface area contributed by atoms with Gasteiger partial charge in [-0.15, -0.1) is 0 Å². The first kappa shape index (κ1) is 18.1. The van der Waals surface area contributed by atoms with Gasteiger partial charge in [0.25, 0.3) is 0 Å². The number of nitrogens with zero attached hydrogens (tertiary/aromatic N) is 1. The Hall–Kier alpha value is 0.01000. The average molecular weight is 339 g/mol. The zero-order valence-corrected chi connectivity index (χ0v) is 14.3. The first-order valence-electron chi connectivity index (χ1n) is 6.87. The quantitative estimate of drug-likeness (QED) is 0.744. The van der Waals surface area contributed by atoms with Crippen molar-refractivity contribution in [1.82, 2.24) is 0 Å². The fraction of sp³-hybridized carbons (Fsp3) is 0.600. The number of hydrogen-bond acceptors (Lipinski definition) is 1. The van der Waals surface area contributed by atoms with Gasteiger partial charge >= 0.3 is 0 Å². The molecule has 1 aromatic rings. The van der Waals surface area contributed by atoms with Crippen LogP contribution in [0.3, 0.4) is 0 Å². The van der Waals surface area contributed by atoms with Gasteiger partial charge in [-0.05, 0) is 12.1 Å². The van der Waals surface area contributed by atoms with E-state index in [9.17, 15) is 0 Å². The van der Waals surface area contributed by atoms with Gasteiger partial charge in [0.15, 0.2) is 0 Å². The van der Waals surface area contributed by atoms with E-state index in [0.29, 0.717) is 10.9 Å². The topological polar surface area (TPSA) is 9.23 Å². The number of halogens is 3. The third-order valence-corrected chi connectivity index (χ3v) is 4.28. The summed E-state index contributed by atoms with van der Waals surface area (Å²) in [6.07, 6.45) is 0. The molecular formula is C15H22Cl3NO. The molecule has 1 saturated heterocycles. The van der Waals surface area contributed by atoms with E-state index in [1.165, 1.54) is 12.1 Å². The predicted octanol–water partition coefficient (Wildman–Crippen LogP) is 1.00. The van der Waals surface area contributed by atoms with Crippen LogP contribution in [0.4, 0.5) is 0 Å². The molecule has 1 aliphatic heterocycles. The summed E-state index contributed by atoms with van der Waals surface area (Å²) in [5.41, 5.74) is 1.19. The Labute approximate surface area is 138 Å². The zero-order chi connectivity index (χ0) is 13.9. The summed E-state index contributed by atoms with van der Waals surface area (Å²) in [5, 5.41) is 1.48. The van der Waals surface area contributed by atoms with Gasteiger partial charge in [-0.25, -0.2) is 0 Å². The van der Waals surface area contributed by atoms with Crippen molar-refractivity contribution >= 4 is 23.2 Å². The Balaban J connectivity index is 0.00000200. The highest BCUT2D eigenvalue weighted by Crippen LogP contribution is 2.26. The van der Waals surface area contributed by atoms with Crippen LogP contribution in [0.5, 0.6) is 0 Å². The first-order chi connectivity index (χ1) is 9.01. The SMILES string of the molecule is CC(C)C[N+]1(Cc2ccc(Cl)cc2Cl)CCOCC1.[Cl-]. The summed E-state index contributed by atoms with van der Waals surface area (Å²) in [6, 6.07) is 5.82. The lowest BCUT2D eigenvalue weighted by Crippen LogP contribution is -3.00. The summed E-state index contributed by atoms with van der Waals surface area (Å²) < 4.78 is 6.59. The Bertz CT molecular complexity index is 431. The number of morpholine rings is 1. The monoisotopic (exact) mass is 337 g/mol. The van der Waals surface area contributed by atoms with Gasteiger partial charge in [0.2, 0.25) is 0 Å². The third kappa shape index (κ3) is 4.78. The van der Waals surface area contributed by atoms with Crippen molar-refractivity contribution in [2.75, 3.05) is 32.8 Å². The highest BCUT2D eigenvalue weighted by molar-refractivity contribution is 6.35. The summed E-state index contributed by atoms with van der Waals surface area (Å²) in [6.45, 7) is 10.5. The van der Waals surface area contributed by atoms with Crippen LogP contribution in [-0.4, -0.2) is 37.3 Å². The van der Waals surface area contributed by atoms with Crippen molar-refractivity contribution < 1.29 is 21.6 Å². The van der Waals surface area contributed by atoms with Gasteiger partial charge in [0, 0.05) is 16.5 Å². The molecule has 2 rings (SSSR count). The van der Waals surface area contributed by atoms with Gasteiger partial charge in [-0.1, -0.05) is 43.1 Å². The molecule has 5 heteroatoms. The molecule has 0 atom stereocenters. The van der Waals surface area contributed by atoms with Crippen molar-refractivity contribution in [3.63, 3.8) is 0 Å². The number of benzene rings is 1. The van der Waals surface area contributed by atoms with Crippen molar-refractivity contribution in [3.8, 4) is 0 Å². The Morgan fingerprint density at radius 1 is 1.20 bits per heavy atom. The van der Waals surface area contributed by atoms with Crippen molar-refractivity contribution in [2.45, 2.75) is 20.4 Å². The Morgan fingerprint density at radius 2 is 1.85 bits per heavy atom. The van der Waals surface area contributed by atoms with Crippen LogP contribution in [0.2, 0.25) is 10.0 Å². The van der Waals surface area contributed by atoms with Gasteiger partial charge in [-0.2, -0.15) is 0 Å². The summed E-state index contributed by atoms with van der Waals surface area (Å²) >= 11 is 12.3. The molecule has 0 spiro atoms. The highest BCUT2D eigenvalue weighted by atomic mass is 35.5. The molecule has 0 bridgehead atoms. The van der Waals surface area contributed by atoms with E-state index >= 15 is 0 Å². The lowest BCUT2D eigenvalue weighted by atomic mass is 10.1. The fourth-order valence-corrected chi connectivity index (χ4v) is 3.39. The van der Waals surface area contributed by atoms with Crippen LogP contribution in [0.25, 0.3) is 0 Å². The number of quaternary nitrogens is 1. The van der Waals surface area contributed by atoms with Crippen LogP contribution in [0, 0.1) is 5.92 Å². The molecule has 0 saturated carbocycles. The number of rotatable bonds is 4. The second-order valence-corrected chi connectivity index (χ2v) is 6.72. The molecule has 0 aromatic heterocycles. The normalized spacial score (nSPS) is 17.9. The van der Waals surface area contributed by atoms with E-state index in [0.717, 1.165) is 42.4 Å². The van der Waals surface area contributed by atoms with E-state index in [-0.39, 0.29) is 12.4 Å². The summed E-state index contributed by atoms with van der Waals surface area (Å²) in [4.78, 5) is 0. The second-order valence-electron chi connectivity index (χ2n) is 5.87. The summed E-state index contributed by atoms with van der Waals surface area (Å²) in [5.74, 6) is 0.671. The van der Waals surface area contributed by atoms with Crippen LogP contribution < -0.4 is 12.4 Å². The van der Waals surface area contributed by atoms with Crippen LogP contribution >= 0.6 is 23.2 Å². The molecule has 1 fully saturated rings. The molecule has 2 nitrogen and oxygen atoms in total. The Kier molecular flexibility index (Phi) is 7.10. The highest BCUT2D eigenvalue weighted by Gasteiger charge is 2.32. The molecule has 1 aliphatic rings. The minimum atomic E-state index is 0. The lowest BCUT2D eigenvalue weighted by molar-refractivity contribution is -0.950. The van der Waals surface area contributed by atoms with E-state index in [2.05, 4.69) is 19.9 Å². The number of hydrogen-bond donors (Lipinski definition) is 0. The minimum absolute atomic E-state index is 0. The lowest BCUT2D eigenvalue weighted by Gasteiger charge is -2.42. The van der Waals surface area contributed by atoms with Gasteiger partial charge < -0.3 is 21.6 Å². The molecule has 0 amide bonds. The van der Waals surface area contributed by atoms with Gasteiger partial charge in [0.05, 0.1) is 24.8 Å². The third-order valence-electron chi connectivity index (χ3n) is 3.69. The van der Waals surface area contributed by atoms with E-state index in [4.69, 9.17) is 27.9 Å². The average Bonchev–Trinajstić information content (AvgIpc) is 2.33. The van der Waals surface area contributed by atoms with Crippen molar-refractivity contribution in [1.29, 1.82) is 0 Å². The van der Waals surface area contributed by atoms with Crippen molar-refractivity contribution in [3.05, 3.63) is 33.8 Å². The smallest absolute Gasteiger partial charge is 0.106 e. The van der Waals surface area contributed by atoms with E-state index < -0.39 is 0 Å². The van der Waals surface area contributed by atoms with Gasteiger partial charge in [-0.3, -0.25) is 0 Å². The molecular weight excluding hydrogens is 317 g/mol. The van der Waals surface area contributed by atoms with E-state index in [1.807, 2.05) is 12.1 Å². The van der Waals surface area contributed by atoms with Crippen LogP contribution in [0.15, 0.2) is 18.2 Å². The van der Waals surface area contributed by atoms with E-state index in [1.54, 1.807) is 0 Å². The molecule has 1 aromatic carbocycles. The standard InChI is InChI=1S/C15H22Cl2NO.ClH/c1-12(2)10-18(5-7-19-8-6-18)11-13-3-4-14(16)9-15(13)17;/h3-4,9,12H,5-8,10-11H2,1-2H3;1H/q+1;/p-1. The van der Waals surface area contributed by atoms with Gasteiger partial charge in [0.1, 0.15) is 19.6 Å². The molecule has 0 aliphatic carbocycles. The molecule has 20 heavy (non-hydrogen) atoms. The first-order valence-corrected chi connectivity index (χ1v) is 7.63. The maximum absolute atomic E-state index is 6.32. The van der Waals surface area contributed by atoms with Crippen LogP contribution in [-0.2, 0) is 11.3 Å². The molecule has 1 heterocycles. The zero-order valence-electron chi connectivity index (χ0n) is 12.0. The minimum Gasteiger partial charge on any atom is -1.00 e. The maximum atomic E-state index is 6.32. The molecule has 0 N–H and O–H groups in total. The van der Waals surface area contributed by atoms with Crippen molar-refractivity contribution in [2.24, 2.45) is 5.92 Å². The molecule has 0 radical (unpaired) electrons. The molecule has 114 valence electrons. The molecule has 0 unspecified atom stereocenters. The largest absolute Gasteiger partial charge is 1.00 e. The predicted molar refractivity (Wildman–Crippen MR) is 80.7 cm³/mol. The van der Waals surface area contributed by atoms with Crippen LogP contribution in [0.1, 0.15) is 19.4 Å². The number of ether oxygens (including phenoxy) is 1. The second kappa shape index (κ2) is 7.86. The maximum Gasteiger partial charge on any atom is 0.106 e.